The lowest BCUT2D eigenvalue weighted by atomic mass is 10.1. The van der Waals surface area contributed by atoms with E-state index in [0.717, 1.165) is 9.65 Å². The normalized spacial score (nSPS) is 16.1. The zero-order chi connectivity index (χ0) is 21.6. The Balaban J connectivity index is 1.35. The lowest BCUT2D eigenvalue weighted by molar-refractivity contribution is -0.133. The van der Waals surface area contributed by atoms with Crippen LogP contribution in [0.2, 0.25) is 0 Å². The second kappa shape index (κ2) is 7.40. The van der Waals surface area contributed by atoms with Crippen LogP contribution >= 0.6 is 0 Å². The maximum atomic E-state index is 13.1. The van der Waals surface area contributed by atoms with Crippen LogP contribution < -0.4 is 15.8 Å². The molecule has 0 saturated carbocycles. The van der Waals surface area contributed by atoms with Crippen molar-refractivity contribution >= 4 is 21.6 Å². The van der Waals surface area contributed by atoms with Crippen molar-refractivity contribution in [1.29, 1.82) is 0 Å². The molecule has 3 N–H and O–H groups in total. The van der Waals surface area contributed by atoms with E-state index in [4.69, 9.17) is 10.5 Å². The molecule has 0 spiro atoms. The smallest absolute Gasteiger partial charge is 0.283 e. The second-order valence-corrected chi connectivity index (χ2v) is 9.29. The molecule has 31 heavy (non-hydrogen) atoms. The number of benzene rings is 2. The molecule has 3 aromatic rings. The highest BCUT2D eigenvalue weighted by Gasteiger charge is 2.32. The number of amides is 1. The Bertz CT molecular complexity index is 1230. The average molecular weight is 439 g/mol. The van der Waals surface area contributed by atoms with Gasteiger partial charge in [-0.25, -0.2) is 0 Å². The van der Waals surface area contributed by atoms with Gasteiger partial charge in [-0.2, -0.15) is 17.6 Å². The largest absolute Gasteiger partial charge is 0.490 e. The monoisotopic (exact) mass is 439 g/mol. The molecule has 1 atom stereocenters. The van der Waals surface area contributed by atoms with Crippen LogP contribution in [0.25, 0.3) is 0 Å². The number of carbonyl (C=O) groups excluding carboxylic acids is 1. The summed E-state index contributed by atoms with van der Waals surface area (Å²) < 4.78 is 32.6. The number of rotatable bonds is 4. The van der Waals surface area contributed by atoms with Crippen molar-refractivity contribution in [1.82, 2.24) is 14.1 Å². The van der Waals surface area contributed by atoms with Crippen LogP contribution in [-0.2, 0) is 27.9 Å². The first-order valence-corrected chi connectivity index (χ1v) is 11.3. The third kappa shape index (κ3) is 3.43. The van der Waals surface area contributed by atoms with E-state index in [0.29, 0.717) is 35.8 Å². The van der Waals surface area contributed by atoms with E-state index in [2.05, 4.69) is 10.4 Å². The van der Waals surface area contributed by atoms with Crippen molar-refractivity contribution in [2.75, 3.05) is 18.5 Å². The maximum Gasteiger partial charge on any atom is 0.283 e. The van der Waals surface area contributed by atoms with Crippen molar-refractivity contribution in [3.8, 4) is 5.75 Å². The molecule has 0 bridgehead atoms. The minimum Gasteiger partial charge on any atom is -0.490 e. The Morgan fingerprint density at radius 2 is 1.97 bits per heavy atom. The molecule has 2 aliphatic heterocycles. The molecule has 1 amide bonds. The van der Waals surface area contributed by atoms with E-state index >= 15 is 0 Å². The van der Waals surface area contributed by atoms with Gasteiger partial charge in [0.2, 0.25) is 5.91 Å². The highest BCUT2D eigenvalue weighted by molar-refractivity contribution is 7.89. The minimum absolute atomic E-state index is 0.115. The summed E-state index contributed by atoms with van der Waals surface area (Å²) in [6, 6.07) is 13.1. The molecule has 0 fully saturated rings. The standard InChI is InChI=1S/C21H21N5O4S/c22-20(14-4-2-1-3-5-14)21(27)25-11-15-12-26(24-18(15)13-25)31(28,29)16-6-7-19-17(10-16)23-8-9-30-19/h1-7,10,12,20,23H,8-9,11,13,22H2/t20-/m1/s1. The Morgan fingerprint density at radius 1 is 1.16 bits per heavy atom. The van der Waals surface area contributed by atoms with Gasteiger partial charge in [0, 0.05) is 24.8 Å². The Hall–Kier alpha value is -3.37. The van der Waals surface area contributed by atoms with Crippen molar-refractivity contribution in [2.45, 2.75) is 24.0 Å². The van der Waals surface area contributed by atoms with Crippen LogP contribution in [-0.4, -0.2) is 41.6 Å². The number of nitrogens with one attached hydrogen (secondary N) is 1. The molecule has 0 unspecified atom stereocenters. The summed E-state index contributed by atoms with van der Waals surface area (Å²) in [5.41, 5.74) is 8.74. The van der Waals surface area contributed by atoms with Gasteiger partial charge in [0.15, 0.2) is 0 Å². The molecule has 0 aliphatic carbocycles. The molecule has 2 aromatic carbocycles. The van der Waals surface area contributed by atoms with Crippen LogP contribution in [0.4, 0.5) is 5.69 Å². The number of hydrogen-bond donors (Lipinski definition) is 2. The SMILES string of the molecule is N[C@@H](C(=O)N1Cc2cn(S(=O)(=O)c3ccc4c(c3)NCCO4)nc2C1)c1ccccc1. The van der Waals surface area contributed by atoms with E-state index in [-0.39, 0.29) is 23.9 Å². The van der Waals surface area contributed by atoms with Crippen molar-refractivity contribution < 1.29 is 17.9 Å². The van der Waals surface area contributed by atoms with Crippen LogP contribution in [0, 0.1) is 0 Å². The number of aromatic nitrogens is 2. The molecule has 3 heterocycles. The number of hydrogen-bond acceptors (Lipinski definition) is 7. The number of carbonyl (C=O) groups is 1. The Morgan fingerprint density at radius 3 is 2.74 bits per heavy atom. The first-order valence-electron chi connectivity index (χ1n) is 9.86. The topological polar surface area (TPSA) is 120 Å². The number of nitrogens with two attached hydrogens (primary N) is 1. The maximum absolute atomic E-state index is 13.1. The summed E-state index contributed by atoms with van der Waals surface area (Å²) >= 11 is 0. The molecule has 10 heteroatoms. The fraction of sp³-hybridized carbons (Fsp3) is 0.238. The molecule has 5 rings (SSSR count). The minimum atomic E-state index is -3.87. The highest BCUT2D eigenvalue weighted by atomic mass is 32.2. The molecular weight excluding hydrogens is 418 g/mol. The number of nitrogens with zero attached hydrogens (tertiary/aromatic N) is 3. The van der Waals surface area contributed by atoms with Gasteiger partial charge in [-0.1, -0.05) is 30.3 Å². The zero-order valence-corrected chi connectivity index (χ0v) is 17.4. The van der Waals surface area contributed by atoms with Gasteiger partial charge in [-0.05, 0) is 23.8 Å². The summed E-state index contributed by atoms with van der Waals surface area (Å²) in [6.45, 7) is 1.64. The second-order valence-electron chi connectivity index (χ2n) is 7.49. The fourth-order valence-corrected chi connectivity index (χ4v) is 4.99. The third-order valence-corrected chi connectivity index (χ3v) is 6.99. The first-order chi connectivity index (χ1) is 14.9. The summed E-state index contributed by atoms with van der Waals surface area (Å²) in [5.74, 6) is 0.399. The van der Waals surface area contributed by atoms with Gasteiger partial charge in [0.25, 0.3) is 10.0 Å². The zero-order valence-electron chi connectivity index (χ0n) is 16.6. The van der Waals surface area contributed by atoms with E-state index in [9.17, 15) is 13.2 Å². The van der Waals surface area contributed by atoms with Gasteiger partial charge in [-0.15, -0.1) is 0 Å². The van der Waals surface area contributed by atoms with Gasteiger partial charge in [0.1, 0.15) is 18.4 Å². The molecule has 1 aromatic heterocycles. The molecule has 160 valence electrons. The molecule has 9 nitrogen and oxygen atoms in total. The van der Waals surface area contributed by atoms with Gasteiger partial charge in [0.05, 0.1) is 22.8 Å². The van der Waals surface area contributed by atoms with E-state index in [1.165, 1.54) is 12.3 Å². The van der Waals surface area contributed by atoms with Crippen molar-refractivity contribution in [3.63, 3.8) is 0 Å². The lowest BCUT2D eigenvalue weighted by Gasteiger charge is -2.21. The predicted octanol–water partition coefficient (Wildman–Crippen LogP) is 1.47. The van der Waals surface area contributed by atoms with Crippen LogP contribution in [0.5, 0.6) is 5.75 Å². The van der Waals surface area contributed by atoms with Crippen LogP contribution in [0.1, 0.15) is 22.9 Å². The number of ether oxygens (including phenoxy) is 1. The van der Waals surface area contributed by atoms with Crippen molar-refractivity contribution in [2.24, 2.45) is 5.73 Å². The summed E-state index contributed by atoms with van der Waals surface area (Å²) in [4.78, 5) is 14.5. The lowest BCUT2D eigenvalue weighted by Crippen LogP contribution is -2.35. The van der Waals surface area contributed by atoms with Gasteiger partial charge < -0.3 is 20.7 Å². The van der Waals surface area contributed by atoms with Gasteiger partial charge in [-0.3, -0.25) is 4.79 Å². The Kier molecular flexibility index (Phi) is 4.67. The summed E-state index contributed by atoms with van der Waals surface area (Å²) in [6.07, 6.45) is 1.47. The Labute approximate surface area is 179 Å². The summed E-state index contributed by atoms with van der Waals surface area (Å²) in [5, 5.41) is 7.39. The first kappa shape index (κ1) is 19.6. The third-order valence-electron chi connectivity index (χ3n) is 5.46. The molecular formula is C21H21N5O4S. The molecule has 0 radical (unpaired) electrons. The number of fused-ring (bicyclic) bond motifs is 2. The van der Waals surface area contributed by atoms with E-state index in [1.807, 2.05) is 30.3 Å². The van der Waals surface area contributed by atoms with Crippen LogP contribution in [0.15, 0.2) is 59.6 Å². The average Bonchev–Trinajstić information content (AvgIpc) is 3.38. The van der Waals surface area contributed by atoms with E-state index < -0.39 is 16.1 Å². The van der Waals surface area contributed by atoms with Crippen LogP contribution in [0.3, 0.4) is 0 Å². The quantitative estimate of drug-likeness (QED) is 0.632. The fourth-order valence-electron chi connectivity index (χ4n) is 3.79. The highest BCUT2D eigenvalue weighted by Crippen LogP contribution is 2.31. The predicted molar refractivity (Wildman–Crippen MR) is 113 cm³/mol. The van der Waals surface area contributed by atoms with E-state index in [1.54, 1.807) is 17.0 Å². The molecule has 0 saturated heterocycles. The summed E-state index contributed by atoms with van der Waals surface area (Å²) in [7, 11) is -3.87. The molecule has 2 aliphatic rings. The van der Waals surface area contributed by atoms with Crippen molar-refractivity contribution in [3.05, 3.63) is 71.5 Å². The number of anilines is 1. The van der Waals surface area contributed by atoms with Gasteiger partial charge >= 0.3 is 0 Å².